The summed E-state index contributed by atoms with van der Waals surface area (Å²) in [5.41, 5.74) is 0.622. The van der Waals surface area contributed by atoms with Crippen LogP contribution in [0.1, 0.15) is 38.1 Å². The van der Waals surface area contributed by atoms with E-state index in [0.29, 0.717) is 16.6 Å². The fraction of sp³-hybridized carbons (Fsp3) is 0.154. The molecule has 0 amide bonds. The number of hydrogen-bond donors (Lipinski definition) is 2. The van der Waals surface area contributed by atoms with Gasteiger partial charge < -0.3 is 14.8 Å². The van der Waals surface area contributed by atoms with Crippen molar-refractivity contribution in [3.8, 4) is 0 Å². The SMILES string of the molecule is COC(=O)c1cc2cc(C(C)=O)[nH]c2cc1C(=O)O. The minimum absolute atomic E-state index is 0.0448. The molecule has 2 N–H and O–H groups in total. The summed E-state index contributed by atoms with van der Waals surface area (Å²) in [6, 6.07) is 4.28. The molecule has 0 saturated heterocycles. The number of aromatic amines is 1. The number of hydrogen-bond acceptors (Lipinski definition) is 4. The van der Waals surface area contributed by atoms with Crippen molar-refractivity contribution in [2.75, 3.05) is 7.11 Å². The zero-order chi connectivity index (χ0) is 14.2. The highest BCUT2D eigenvalue weighted by molar-refractivity contribution is 6.07. The number of Topliss-reactive ketones (excluding diaryl/α,β-unsaturated/α-hetero) is 1. The number of H-pyrrole nitrogens is 1. The highest BCUT2D eigenvalue weighted by Crippen LogP contribution is 2.22. The first-order valence-corrected chi connectivity index (χ1v) is 5.43. The van der Waals surface area contributed by atoms with Gasteiger partial charge in [-0.05, 0) is 18.2 Å². The van der Waals surface area contributed by atoms with Gasteiger partial charge in [-0.15, -0.1) is 0 Å². The van der Waals surface area contributed by atoms with E-state index in [1.54, 1.807) is 6.07 Å². The Labute approximate surface area is 108 Å². The largest absolute Gasteiger partial charge is 0.478 e. The number of ether oxygens (including phenoxy) is 1. The zero-order valence-corrected chi connectivity index (χ0v) is 10.3. The fourth-order valence-electron chi connectivity index (χ4n) is 1.83. The van der Waals surface area contributed by atoms with Crippen LogP contribution in [0.5, 0.6) is 0 Å². The number of carbonyl (C=O) groups is 3. The highest BCUT2D eigenvalue weighted by atomic mass is 16.5. The second kappa shape index (κ2) is 4.56. The van der Waals surface area contributed by atoms with Gasteiger partial charge in [-0.25, -0.2) is 9.59 Å². The summed E-state index contributed by atoms with van der Waals surface area (Å²) in [4.78, 5) is 36.8. The molecule has 0 radical (unpaired) electrons. The Bertz CT molecular complexity index is 698. The normalized spacial score (nSPS) is 10.4. The number of carboxylic acids is 1. The van der Waals surface area contributed by atoms with E-state index >= 15 is 0 Å². The number of carbonyl (C=O) groups excluding carboxylic acids is 2. The molecule has 98 valence electrons. The molecule has 0 aliphatic heterocycles. The van der Waals surface area contributed by atoms with Gasteiger partial charge in [0.2, 0.25) is 0 Å². The lowest BCUT2D eigenvalue weighted by molar-refractivity contribution is 0.0583. The van der Waals surface area contributed by atoms with Crippen LogP contribution in [-0.4, -0.2) is 34.9 Å². The van der Waals surface area contributed by atoms with E-state index in [-0.39, 0.29) is 16.9 Å². The molecule has 6 heteroatoms. The van der Waals surface area contributed by atoms with Crippen molar-refractivity contribution in [1.29, 1.82) is 0 Å². The summed E-state index contributed by atoms with van der Waals surface area (Å²) in [6.07, 6.45) is 0. The Balaban J connectivity index is 2.72. The third-order valence-corrected chi connectivity index (χ3v) is 2.77. The van der Waals surface area contributed by atoms with E-state index in [0.717, 1.165) is 0 Å². The predicted octanol–water partition coefficient (Wildman–Crippen LogP) is 1.86. The van der Waals surface area contributed by atoms with Crippen molar-refractivity contribution in [2.24, 2.45) is 0 Å². The maximum atomic E-state index is 11.6. The molecule has 2 rings (SSSR count). The summed E-state index contributed by atoms with van der Waals surface area (Å²) in [5, 5.41) is 9.68. The van der Waals surface area contributed by atoms with Gasteiger partial charge in [0.25, 0.3) is 0 Å². The summed E-state index contributed by atoms with van der Waals surface area (Å²) in [5.74, 6) is -2.14. The molecule has 0 unspecified atom stereocenters. The Morgan fingerprint density at radius 1 is 1.16 bits per heavy atom. The number of methoxy groups -OCH3 is 1. The summed E-state index contributed by atoms with van der Waals surface area (Å²) in [6.45, 7) is 1.39. The lowest BCUT2D eigenvalue weighted by Gasteiger charge is -2.04. The lowest BCUT2D eigenvalue weighted by Crippen LogP contribution is -2.09. The smallest absolute Gasteiger partial charge is 0.338 e. The molecule has 0 aliphatic carbocycles. The molecule has 0 saturated carbocycles. The van der Waals surface area contributed by atoms with Gasteiger partial charge in [-0.3, -0.25) is 4.79 Å². The highest BCUT2D eigenvalue weighted by Gasteiger charge is 2.19. The molecular weight excluding hydrogens is 250 g/mol. The molecule has 2 aromatic rings. The van der Waals surface area contributed by atoms with Crippen molar-refractivity contribution >= 4 is 28.6 Å². The van der Waals surface area contributed by atoms with Crippen molar-refractivity contribution in [3.05, 3.63) is 35.0 Å². The number of fused-ring (bicyclic) bond motifs is 1. The molecule has 0 fully saturated rings. The van der Waals surface area contributed by atoms with Crippen LogP contribution in [0.4, 0.5) is 0 Å². The first-order chi connectivity index (χ1) is 8.93. The first-order valence-electron chi connectivity index (χ1n) is 5.43. The zero-order valence-electron chi connectivity index (χ0n) is 10.3. The van der Waals surface area contributed by atoms with Crippen LogP contribution in [0.2, 0.25) is 0 Å². The van der Waals surface area contributed by atoms with E-state index in [1.807, 2.05) is 0 Å². The number of esters is 1. The minimum Gasteiger partial charge on any atom is -0.478 e. The topological polar surface area (TPSA) is 96.5 Å². The van der Waals surface area contributed by atoms with Crippen LogP contribution >= 0.6 is 0 Å². The number of rotatable bonds is 3. The maximum Gasteiger partial charge on any atom is 0.338 e. The third-order valence-electron chi connectivity index (χ3n) is 2.77. The van der Waals surface area contributed by atoms with Crippen molar-refractivity contribution in [2.45, 2.75) is 6.92 Å². The van der Waals surface area contributed by atoms with Crippen LogP contribution in [0.25, 0.3) is 10.9 Å². The number of benzene rings is 1. The van der Waals surface area contributed by atoms with Gasteiger partial charge in [-0.2, -0.15) is 0 Å². The van der Waals surface area contributed by atoms with Gasteiger partial charge in [0.1, 0.15) is 0 Å². The number of nitrogens with one attached hydrogen (secondary N) is 1. The first kappa shape index (κ1) is 12.8. The fourth-order valence-corrected chi connectivity index (χ4v) is 1.83. The molecule has 0 bridgehead atoms. The Morgan fingerprint density at radius 3 is 2.37 bits per heavy atom. The van der Waals surface area contributed by atoms with Crippen molar-refractivity contribution < 1.29 is 24.2 Å². The van der Waals surface area contributed by atoms with Crippen LogP contribution < -0.4 is 0 Å². The molecule has 1 heterocycles. The molecule has 1 aromatic carbocycles. The van der Waals surface area contributed by atoms with Gasteiger partial charge >= 0.3 is 11.9 Å². The molecular formula is C13H11NO5. The van der Waals surface area contributed by atoms with Gasteiger partial charge in [0.15, 0.2) is 5.78 Å². The number of aromatic nitrogens is 1. The molecule has 0 atom stereocenters. The van der Waals surface area contributed by atoms with Gasteiger partial charge in [0.05, 0.1) is 23.9 Å². The van der Waals surface area contributed by atoms with Crippen LogP contribution in [0, 0.1) is 0 Å². The van der Waals surface area contributed by atoms with Gasteiger partial charge in [0, 0.05) is 17.8 Å². The Kier molecular flexibility index (Phi) is 3.08. The molecule has 19 heavy (non-hydrogen) atoms. The minimum atomic E-state index is -1.23. The second-order valence-electron chi connectivity index (χ2n) is 4.02. The molecule has 0 aliphatic rings. The number of carboxylic acid groups (broad SMARTS) is 1. The van der Waals surface area contributed by atoms with Crippen molar-refractivity contribution in [3.63, 3.8) is 0 Å². The molecule has 0 spiro atoms. The standard InChI is InChI=1S/C13H11NO5/c1-6(15)10-4-7-3-9(13(18)19-2)8(12(16)17)5-11(7)14-10/h3-5,14H,1-2H3,(H,16,17). The van der Waals surface area contributed by atoms with E-state index in [1.165, 1.54) is 26.2 Å². The second-order valence-corrected chi connectivity index (χ2v) is 4.02. The van der Waals surface area contributed by atoms with E-state index in [4.69, 9.17) is 5.11 Å². The lowest BCUT2D eigenvalue weighted by atomic mass is 10.0. The Morgan fingerprint density at radius 2 is 1.84 bits per heavy atom. The monoisotopic (exact) mass is 261 g/mol. The summed E-state index contributed by atoms with van der Waals surface area (Å²) >= 11 is 0. The van der Waals surface area contributed by atoms with Crippen LogP contribution in [-0.2, 0) is 4.74 Å². The van der Waals surface area contributed by atoms with Crippen LogP contribution in [0.15, 0.2) is 18.2 Å². The predicted molar refractivity (Wildman–Crippen MR) is 66.6 cm³/mol. The van der Waals surface area contributed by atoms with E-state index < -0.39 is 11.9 Å². The van der Waals surface area contributed by atoms with Crippen LogP contribution in [0.3, 0.4) is 0 Å². The quantitative estimate of drug-likeness (QED) is 0.649. The molecule has 1 aromatic heterocycles. The number of aromatic carboxylic acids is 1. The average Bonchev–Trinajstić information content (AvgIpc) is 2.79. The summed E-state index contributed by atoms with van der Waals surface area (Å²) in [7, 11) is 1.18. The Hall–Kier alpha value is -2.63. The molecule has 6 nitrogen and oxygen atoms in total. The average molecular weight is 261 g/mol. The van der Waals surface area contributed by atoms with E-state index in [9.17, 15) is 14.4 Å². The van der Waals surface area contributed by atoms with Gasteiger partial charge in [-0.1, -0.05) is 0 Å². The number of ketones is 1. The third kappa shape index (κ3) is 2.20. The van der Waals surface area contributed by atoms with E-state index in [2.05, 4.69) is 9.72 Å². The maximum absolute atomic E-state index is 11.6. The van der Waals surface area contributed by atoms with Crippen molar-refractivity contribution in [1.82, 2.24) is 4.98 Å². The summed E-state index contributed by atoms with van der Waals surface area (Å²) < 4.78 is 4.55.